The van der Waals surface area contributed by atoms with Crippen LogP contribution in [-0.2, 0) is 6.42 Å². The smallest absolute Gasteiger partial charge is 0.0402 e. The summed E-state index contributed by atoms with van der Waals surface area (Å²) in [4.78, 5) is 2.54. The number of hydrogen-bond donors (Lipinski definition) is 1. The Bertz CT molecular complexity index is 375. The number of rotatable bonds is 6. The van der Waals surface area contributed by atoms with Gasteiger partial charge < -0.3 is 10.2 Å². The fourth-order valence-corrected chi connectivity index (χ4v) is 2.84. The van der Waals surface area contributed by atoms with Crippen LogP contribution < -0.4 is 10.2 Å². The van der Waals surface area contributed by atoms with Gasteiger partial charge in [-0.1, -0.05) is 31.5 Å². The second-order valence-corrected chi connectivity index (χ2v) is 5.52. The summed E-state index contributed by atoms with van der Waals surface area (Å²) in [5.41, 5.74) is 2.95. The SMILES string of the molecule is CCCC(C)NCC(C)N1CCc2ccccc21. The fourth-order valence-electron chi connectivity index (χ4n) is 2.84. The molecule has 1 aromatic carbocycles. The number of benzene rings is 1. The molecule has 2 rings (SSSR count). The molecule has 1 aliphatic rings. The van der Waals surface area contributed by atoms with Gasteiger partial charge in [-0.25, -0.2) is 0 Å². The van der Waals surface area contributed by atoms with Gasteiger partial charge >= 0.3 is 0 Å². The molecule has 0 spiro atoms. The van der Waals surface area contributed by atoms with Gasteiger partial charge in [0, 0.05) is 30.9 Å². The van der Waals surface area contributed by atoms with Crippen LogP contribution in [-0.4, -0.2) is 25.2 Å². The van der Waals surface area contributed by atoms with E-state index in [1.807, 2.05) is 0 Å². The molecule has 2 nitrogen and oxygen atoms in total. The molecule has 1 aromatic rings. The molecule has 18 heavy (non-hydrogen) atoms. The van der Waals surface area contributed by atoms with E-state index >= 15 is 0 Å². The van der Waals surface area contributed by atoms with Gasteiger partial charge in [-0.05, 0) is 38.3 Å². The molecule has 0 fully saturated rings. The minimum atomic E-state index is 0.577. The van der Waals surface area contributed by atoms with Crippen LogP contribution >= 0.6 is 0 Å². The van der Waals surface area contributed by atoms with E-state index < -0.39 is 0 Å². The zero-order chi connectivity index (χ0) is 13.0. The highest BCUT2D eigenvalue weighted by atomic mass is 15.2. The lowest BCUT2D eigenvalue weighted by molar-refractivity contribution is 0.476. The zero-order valence-corrected chi connectivity index (χ0v) is 11.9. The maximum absolute atomic E-state index is 3.65. The first kappa shape index (κ1) is 13.4. The highest BCUT2D eigenvalue weighted by molar-refractivity contribution is 5.58. The highest BCUT2D eigenvalue weighted by Crippen LogP contribution is 2.28. The zero-order valence-electron chi connectivity index (χ0n) is 11.9. The van der Waals surface area contributed by atoms with Crippen molar-refractivity contribution in [2.75, 3.05) is 18.0 Å². The minimum Gasteiger partial charge on any atom is -0.367 e. The van der Waals surface area contributed by atoms with Crippen molar-refractivity contribution < 1.29 is 0 Å². The minimum absolute atomic E-state index is 0.577. The first-order valence-corrected chi connectivity index (χ1v) is 7.30. The van der Waals surface area contributed by atoms with Crippen LogP contribution in [0.15, 0.2) is 24.3 Å². The molecule has 1 aliphatic heterocycles. The molecule has 2 atom stereocenters. The number of para-hydroxylation sites is 1. The first-order chi connectivity index (χ1) is 8.72. The van der Waals surface area contributed by atoms with Gasteiger partial charge in [0.1, 0.15) is 0 Å². The van der Waals surface area contributed by atoms with Gasteiger partial charge in [-0.15, -0.1) is 0 Å². The Hall–Kier alpha value is -1.02. The van der Waals surface area contributed by atoms with Gasteiger partial charge in [0.2, 0.25) is 0 Å². The third kappa shape index (κ3) is 3.05. The third-order valence-electron chi connectivity index (χ3n) is 3.94. The molecule has 0 aromatic heterocycles. The quantitative estimate of drug-likeness (QED) is 0.829. The Morgan fingerprint density at radius 2 is 2.06 bits per heavy atom. The second-order valence-electron chi connectivity index (χ2n) is 5.52. The van der Waals surface area contributed by atoms with E-state index in [2.05, 4.69) is 55.3 Å². The molecule has 0 saturated carbocycles. The summed E-state index contributed by atoms with van der Waals surface area (Å²) in [6.45, 7) is 9.11. The Morgan fingerprint density at radius 1 is 1.28 bits per heavy atom. The molecule has 1 N–H and O–H groups in total. The van der Waals surface area contributed by atoms with Crippen LogP contribution in [0.4, 0.5) is 5.69 Å². The standard InChI is InChI=1S/C16H26N2/c1-4-7-13(2)17-12-14(3)18-11-10-15-8-5-6-9-16(15)18/h5-6,8-9,13-14,17H,4,7,10-12H2,1-3H3. The van der Waals surface area contributed by atoms with Crippen LogP contribution in [0.3, 0.4) is 0 Å². The van der Waals surface area contributed by atoms with Crippen LogP contribution in [0.1, 0.15) is 39.2 Å². The Kier molecular flexibility index (Phi) is 4.65. The number of hydrogen-bond acceptors (Lipinski definition) is 2. The lowest BCUT2D eigenvalue weighted by Gasteiger charge is -2.28. The lowest BCUT2D eigenvalue weighted by atomic mass is 10.1. The maximum Gasteiger partial charge on any atom is 0.0402 e. The molecule has 0 saturated heterocycles. The molecule has 0 aliphatic carbocycles. The molecule has 2 heteroatoms. The van der Waals surface area contributed by atoms with Gasteiger partial charge in [0.05, 0.1) is 0 Å². The topological polar surface area (TPSA) is 15.3 Å². The number of nitrogens with zero attached hydrogens (tertiary/aromatic N) is 1. The van der Waals surface area contributed by atoms with Crippen molar-refractivity contribution in [3.05, 3.63) is 29.8 Å². The van der Waals surface area contributed by atoms with E-state index in [-0.39, 0.29) is 0 Å². The average Bonchev–Trinajstić information content (AvgIpc) is 2.80. The second kappa shape index (κ2) is 6.24. The van der Waals surface area contributed by atoms with E-state index in [1.54, 1.807) is 0 Å². The van der Waals surface area contributed by atoms with E-state index in [1.165, 1.54) is 37.1 Å². The Labute approximate surface area is 111 Å². The van der Waals surface area contributed by atoms with Crippen LogP contribution in [0.2, 0.25) is 0 Å². The van der Waals surface area contributed by atoms with Crippen molar-refractivity contribution in [3.63, 3.8) is 0 Å². The van der Waals surface area contributed by atoms with E-state index in [4.69, 9.17) is 0 Å². The average molecular weight is 246 g/mol. The van der Waals surface area contributed by atoms with E-state index in [9.17, 15) is 0 Å². The largest absolute Gasteiger partial charge is 0.367 e. The number of fused-ring (bicyclic) bond motifs is 1. The van der Waals surface area contributed by atoms with E-state index in [0.717, 1.165) is 6.54 Å². The fraction of sp³-hybridized carbons (Fsp3) is 0.625. The Balaban J connectivity index is 1.89. The first-order valence-electron chi connectivity index (χ1n) is 7.30. The summed E-state index contributed by atoms with van der Waals surface area (Å²) in [5.74, 6) is 0. The van der Waals surface area contributed by atoms with Crippen LogP contribution in [0.25, 0.3) is 0 Å². The molecular weight excluding hydrogens is 220 g/mol. The van der Waals surface area contributed by atoms with Crippen molar-refractivity contribution in [3.8, 4) is 0 Å². The molecule has 1 heterocycles. The number of nitrogens with one attached hydrogen (secondary N) is 1. The van der Waals surface area contributed by atoms with Gasteiger partial charge in [-0.2, -0.15) is 0 Å². The lowest BCUT2D eigenvalue weighted by Crippen LogP contribution is -2.42. The predicted molar refractivity (Wildman–Crippen MR) is 79.3 cm³/mol. The monoisotopic (exact) mass is 246 g/mol. The summed E-state index contributed by atoms with van der Waals surface area (Å²) in [6, 6.07) is 10.0. The summed E-state index contributed by atoms with van der Waals surface area (Å²) in [7, 11) is 0. The van der Waals surface area contributed by atoms with Gasteiger partial charge in [0.15, 0.2) is 0 Å². The third-order valence-corrected chi connectivity index (χ3v) is 3.94. The highest BCUT2D eigenvalue weighted by Gasteiger charge is 2.22. The number of anilines is 1. The Morgan fingerprint density at radius 3 is 2.83 bits per heavy atom. The van der Waals surface area contributed by atoms with Crippen molar-refractivity contribution in [1.82, 2.24) is 5.32 Å². The summed E-state index contributed by atoms with van der Waals surface area (Å²) < 4.78 is 0. The van der Waals surface area contributed by atoms with Gasteiger partial charge in [-0.3, -0.25) is 0 Å². The van der Waals surface area contributed by atoms with Crippen molar-refractivity contribution in [2.45, 2.75) is 52.1 Å². The summed E-state index contributed by atoms with van der Waals surface area (Å²) >= 11 is 0. The van der Waals surface area contributed by atoms with Crippen LogP contribution in [0.5, 0.6) is 0 Å². The van der Waals surface area contributed by atoms with E-state index in [0.29, 0.717) is 12.1 Å². The van der Waals surface area contributed by atoms with Crippen molar-refractivity contribution in [2.24, 2.45) is 0 Å². The molecule has 100 valence electrons. The molecule has 0 radical (unpaired) electrons. The summed E-state index contributed by atoms with van der Waals surface area (Å²) in [5, 5.41) is 3.65. The molecule has 0 bridgehead atoms. The molecule has 0 amide bonds. The van der Waals surface area contributed by atoms with Gasteiger partial charge in [0.25, 0.3) is 0 Å². The van der Waals surface area contributed by atoms with Crippen LogP contribution in [0, 0.1) is 0 Å². The summed E-state index contributed by atoms with van der Waals surface area (Å²) in [6.07, 6.45) is 3.73. The predicted octanol–water partition coefficient (Wildman–Crippen LogP) is 3.22. The van der Waals surface area contributed by atoms with Crippen molar-refractivity contribution in [1.29, 1.82) is 0 Å². The molecule has 2 unspecified atom stereocenters. The molecular formula is C16H26N2. The van der Waals surface area contributed by atoms with Crippen molar-refractivity contribution >= 4 is 5.69 Å². The normalized spacial score (nSPS) is 17.6. The maximum atomic E-state index is 3.65.